The van der Waals surface area contributed by atoms with Crippen molar-refractivity contribution in [2.24, 2.45) is 0 Å². The quantitative estimate of drug-likeness (QED) is 0.276. The molecule has 3 aromatic rings. The predicted molar refractivity (Wildman–Crippen MR) is 108 cm³/mol. The van der Waals surface area contributed by atoms with E-state index in [9.17, 15) is 19.7 Å². The maximum Gasteiger partial charge on any atom is 0.331 e. The molecular formula is C20H17N3O5S. The minimum absolute atomic E-state index is 0.0987. The Morgan fingerprint density at radius 1 is 1.31 bits per heavy atom. The van der Waals surface area contributed by atoms with Crippen molar-refractivity contribution in [3.05, 3.63) is 78.7 Å². The Morgan fingerprint density at radius 2 is 2.10 bits per heavy atom. The standard InChI is InChI=1S/C20H17N3O5S/c24-18-11-14(21-20-22(18)16-7-3-4-8-17(16)29-20)12-28-19(25)10-9-13-5-1-2-6-15(13)23(26)27/h1-2,5-6,9-11H,3-4,7-8,12H2/b10-9+. The van der Waals surface area contributed by atoms with Gasteiger partial charge in [0.05, 0.1) is 16.2 Å². The van der Waals surface area contributed by atoms with Gasteiger partial charge in [-0.05, 0) is 37.8 Å². The van der Waals surface area contributed by atoms with Gasteiger partial charge in [0.2, 0.25) is 0 Å². The molecule has 9 heteroatoms. The molecule has 0 bridgehead atoms. The van der Waals surface area contributed by atoms with Crippen LogP contribution in [-0.2, 0) is 29.0 Å². The molecule has 148 valence electrons. The smallest absolute Gasteiger partial charge is 0.331 e. The van der Waals surface area contributed by atoms with E-state index in [4.69, 9.17) is 4.74 Å². The third-order valence-corrected chi connectivity index (χ3v) is 5.85. The summed E-state index contributed by atoms with van der Waals surface area (Å²) in [4.78, 5) is 41.3. The van der Waals surface area contributed by atoms with E-state index < -0.39 is 10.9 Å². The molecule has 0 N–H and O–H groups in total. The van der Waals surface area contributed by atoms with Gasteiger partial charge in [0.1, 0.15) is 6.61 Å². The maximum atomic E-state index is 12.5. The molecule has 4 rings (SSSR count). The summed E-state index contributed by atoms with van der Waals surface area (Å²) in [7, 11) is 0. The van der Waals surface area contributed by atoms with Crippen molar-refractivity contribution in [1.29, 1.82) is 0 Å². The lowest BCUT2D eigenvalue weighted by Crippen LogP contribution is -2.18. The van der Waals surface area contributed by atoms with Gasteiger partial charge in [0.25, 0.3) is 11.2 Å². The minimum atomic E-state index is -0.671. The van der Waals surface area contributed by atoms with Crippen LogP contribution in [-0.4, -0.2) is 20.3 Å². The third kappa shape index (κ3) is 3.95. The average molecular weight is 411 g/mol. The van der Waals surface area contributed by atoms with Gasteiger partial charge < -0.3 is 4.74 Å². The van der Waals surface area contributed by atoms with Crippen LogP contribution >= 0.6 is 11.3 Å². The van der Waals surface area contributed by atoms with E-state index in [0.29, 0.717) is 16.2 Å². The van der Waals surface area contributed by atoms with Crippen LogP contribution in [0.5, 0.6) is 0 Å². The van der Waals surface area contributed by atoms with Gasteiger partial charge in [-0.25, -0.2) is 9.78 Å². The Balaban J connectivity index is 1.48. The molecule has 1 aliphatic carbocycles. The van der Waals surface area contributed by atoms with Gasteiger partial charge in [-0.15, -0.1) is 11.3 Å². The van der Waals surface area contributed by atoms with E-state index in [-0.39, 0.29) is 17.9 Å². The van der Waals surface area contributed by atoms with Gasteiger partial charge in [-0.1, -0.05) is 12.1 Å². The molecule has 1 aliphatic rings. The number of hydrogen-bond donors (Lipinski definition) is 0. The first-order valence-electron chi connectivity index (χ1n) is 9.14. The monoisotopic (exact) mass is 411 g/mol. The van der Waals surface area contributed by atoms with Crippen molar-refractivity contribution >= 4 is 34.0 Å². The molecule has 0 amide bonds. The number of aryl methyl sites for hydroxylation is 2. The van der Waals surface area contributed by atoms with Gasteiger partial charge in [-0.2, -0.15) is 0 Å². The number of hydrogen-bond acceptors (Lipinski definition) is 7. The molecule has 0 radical (unpaired) electrons. The number of rotatable bonds is 5. The molecular weight excluding hydrogens is 394 g/mol. The highest BCUT2D eigenvalue weighted by atomic mass is 32.1. The summed E-state index contributed by atoms with van der Waals surface area (Å²) in [6, 6.07) is 7.48. The summed E-state index contributed by atoms with van der Waals surface area (Å²) >= 11 is 1.51. The van der Waals surface area contributed by atoms with Crippen LogP contribution in [0.15, 0.2) is 41.2 Å². The van der Waals surface area contributed by atoms with Gasteiger partial charge in [0.15, 0.2) is 4.96 Å². The molecule has 2 heterocycles. The maximum absolute atomic E-state index is 12.5. The van der Waals surface area contributed by atoms with Crippen LogP contribution < -0.4 is 5.56 Å². The number of carbonyl (C=O) groups is 1. The summed E-state index contributed by atoms with van der Waals surface area (Å²) in [5, 5.41) is 11.0. The lowest BCUT2D eigenvalue weighted by molar-refractivity contribution is -0.385. The molecule has 0 saturated carbocycles. The highest BCUT2D eigenvalue weighted by molar-refractivity contribution is 7.17. The summed E-state index contributed by atoms with van der Waals surface area (Å²) in [6.45, 7) is -0.144. The molecule has 8 nitrogen and oxygen atoms in total. The van der Waals surface area contributed by atoms with Crippen molar-refractivity contribution < 1.29 is 14.5 Å². The van der Waals surface area contributed by atoms with Crippen molar-refractivity contribution in [3.8, 4) is 0 Å². The summed E-state index contributed by atoms with van der Waals surface area (Å²) < 4.78 is 6.81. The lowest BCUT2D eigenvalue weighted by atomic mass is 10.0. The van der Waals surface area contributed by atoms with Crippen LogP contribution in [0.2, 0.25) is 0 Å². The highest BCUT2D eigenvalue weighted by Gasteiger charge is 2.18. The number of carbonyl (C=O) groups excluding carboxylic acids is 1. The Kier molecular flexibility index (Phi) is 5.22. The number of fused-ring (bicyclic) bond motifs is 3. The number of thiazole rings is 1. The molecule has 0 atom stereocenters. The molecule has 29 heavy (non-hydrogen) atoms. The van der Waals surface area contributed by atoms with Gasteiger partial charge >= 0.3 is 5.97 Å². The number of aromatic nitrogens is 2. The van der Waals surface area contributed by atoms with Gasteiger partial charge in [0, 0.05) is 28.8 Å². The zero-order valence-electron chi connectivity index (χ0n) is 15.4. The number of esters is 1. The van der Waals surface area contributed by atoms with E-state index in [1.54, 1.807) is 16.5 Å². The normalized spacial score (nSPS) is 13.5. The number of nitrogens with zero attached hydrogens (tertiary/aromatic N) is 3. The molecule has 1 aromatic carbocycles. The molecule has 0 unspecified atom stereocenters. The molecule has 0 spiro atoms. The van der Waals surface area contributed by atoms with E-state index in [2.05, 4.69) is 4.98 Å². The zero-order valence-corrected chi connectivity index (χ0v) is 16.2. The second-order valence-electron chi connectivity index (χ2n) is 6.64. The Bertz CT molecular complexity index is 1190. The largest absolute Gasteiger partial charge is 0.456 e. The van der Waals surface area contributed by atoms with Crippen LogP contribution in [0.3, 0.4) is 0 Å². The highest BCUT2D eigenvalue weighted by Crippen LogP contribution is 2.28. The third-order valence-electron chi connectivity index (χ3n) is 4.71. The van der Waals surface area contributed by atoms with Crippen LogP contribution in [0.25, 0.3) is 11.0 Å². The topological polar surface area (TPSA) is 104 Å². The van der Waals surface area contributed by atoms with Crippen LogP contribution in [0, 0.1) is 10.1 Å². The fraction of sp³-hybridized carbons (Fsp3) is 0.250. The SMILES string of the molecule is O=C(/C=C/c1ccccc1[N+](=O)[O-])OCc1cc(=O)n2c3c(sc2n1)CCCC3. The first kappa shape index (κ1) is 19.0. The van der Waals surface area contributed by atoms with E-state index >= 15 is 0 Å². The van der Waals surface area contributed by atoms with Crippen molar-refractivity contribution in [2.75, 3.05) is 0 Å². The fourth-order valence-corrected chi connectivity index (χ4v) is 4.59. The van der Waals surface area contributed by atoms with Crippen LogP contribution in [0.4, 0.5) is 5.69 Å². The molecule has 0 fully saturated rings. The van der Waals surface area contributed by atoms with Crippen molar-refractivity contribution in [2.45, 2.75) is 32.3 Å². The predicted octanol–water partition coefficient (Wildman–Crippen LogP) is 3.30. The van der Waals surface area contributed by atoms with E-state index in [0.717, 1.165) is 37.5 Å². The number of nitro groups is 1. The van der Waals surface area contributed by atoms with Crippen LogP contribution in [0.1, 0.15) is 34.7 Å². The Morgan fingerprint density at radius 3 is 2.93 bits per heavy atom. The number of nitro benzene ring substituents is 1. The summed E-state index contributed by atoms with van der Waals surface area (Å²) in [6.07, 6.45) is 6.48. The van der Waals surface area contributed by atoms with Crippen molar-refractivity contribution in [3.63, 3.8) is 0 Å². The Labute approximate surface area is 169 Å². The minimum Gasteiger partial charge on any atom is -0.456 e. The summed E-state index contributed by atoms with van der Waals surface area (Å²) in [5.74, 6) is -0.671. The van der Waals surface area contributed by atoms with Crippen molar-refractivity contribution in [1.82, 2.24) is 9.38 Å². The lowest BCUT2D eigenvalue weighted by Gasteiger charge is -2.10. The fourth-order valence-electron chi connectivity index (χ4n) is 3.36. The van der Waals surface area contributed by atoms with E-state index in [1.165, 1.54) is 40.5 Å². The number of ether oxygens (including phenoxy) is 1. The first-order valence-corrected chi connectivity index (χ1v) is 9.96. The zero-order chi connectivity index (χ0) is 20.4. The Hall–Kier alpha value is -3.33. The first-order chi connectivity index (χ1) is 14.0. The molecule has 2 aromatic heterocycles. The summed E-state index contributed by atoms with van der Waals surface area (Å²) in [5.41, 5.74) is 1.45. The van der Waals surface area contributed by atoms with Gasteiger partial charge in [-0.3, -0.25) is 19.3 Å². The molecule has 0 aliphatic heterocycles. The number of benzene rings is 1. The number of para-hydroxylation sites is 1. The second-order valence-corrected chi connectivity index (χ2v) is 7.70. The second kappa shape index (κ2) is 7.96. The average Bonchev–Trinajstić information content (AvgIpc) is 3.09. The molecule has 0 saturated heterocycles. The van der Waals surface area contributed by atoms with E-state index in [1.807, 2.05) is 0 Å².